The molecule has 1 saturated heterocycles. The van der Waals surface area contributed by atoms with Gasteiger partial charge in [-0.05, 0) is 37.4 Å². The van der Waals surface area contributed by atoms with Crippen LogP contribution in [0.25, 0.3) is 10.9 Å². The van der Waals surface area contributed by atoms with Gasteiger partial charge < -0.3 is 10.1 Å². The Bertz CT molecular complexity index is 591. The fraction of sp³-hybridized carbons (Fsp3) is 0.400. The molecule has 0 amide bonds. The van der Waals surface area contributed by atoms with E-state index < -0.39 is 5.97 Å². The van der Waals surface area contributed by atoms with E-state index in [1.165, 1.54) is 10.9 Å². The van der Waals surface area contributed by atoms with Crippen LogP contribution in [-0.2, 0) is 11.2 Å². The molecule has 3 rings (SSSR count). The van der Waals surface area contributed by atoms with Gasteiger partial charge in [-0.15, -0.1) is 0 Å². The highest BCUT2D eigenvalue weighted by Crippen LogP contribution is 2.21. The number of carbonyl (C=O) groups is 1. The molecule has 0 saturated carbocycles. The predicted octanol–water partition coefficient (Wildman–Crippen LogP) is 2.26. The Morgan fingerprint density at radius 3 is 3.11 bits per heavy atom. The second kappa shape index (κ2) is 5.05. The number of benzene rings is 1. The smallest absolute Gasteiger partial charge is 0.320 e. The molecule has 1 aromatic carbocycles. The lowest BCUT2D eigenvalue weighted by molar-refractivity contribution is -0.142. The van der Waals surface area contributed by atoms with Crippen LogP contribution in [0.4, 0.5) is 0 Å². The molecular formula is C15H18N2O2. The molecule has 2 aromatic rings. The summed E-state index contributed by atoms with van der Waals surface area (Å²) in [7, 11) is 0. The first-order chi connectivity index (χ1) is 9.25. The second-order valence-electron chi connectivity index (χ2n) is 5.14. The van der Waals surface area contributed by atoms with Crippen LogP contribution in [0.2, 0.25) is 0 Å². The van der Waals surface area contributed by atoms with Crippen molar-refractivity contribution in [1.82, 2.24) is 9.88 Å². The van der Waals surface area contributed by atoms with Gasteiger partial charge in [-0.25, -0.2) is 0 Å². The molecule has 4 heteroatoms. The van der Waals surface area contributed by atoms with Crippen LogP contribution in [0.5, 0.6) is 0 Å². The first-order valence-corrected chi connectivity index (χ1v) is 6.77. The van der Waals surface area contributed by atoms with Gasteiger partial charge in [0.25, 0.3) is 0 Å². The number of aliphatic carboxylic acids is 1. The zero-order valence-electron chi connectivity index (χ0n) is 10.8. The van der Waals surface area contributed by atoms with E-state index in [1.807, 2.05) is 18.3 Å². The van der Waals surface area contributed by atoms with E-state index in [0.717, 1.165) is 37.9 Å². The Morgan fingerprint density at radius 2 is 2.26 bits per heavy atom. The van der Waals surface area contributed by atoms with Gasteiger partial charge in [-0.2, -0.15) is 0 Å². The number of nitrogens with zero attached hydrogens (tertiary/aromatic N) is 1. The summed E-state index contributed by atoms with van der Waals surface area (Å²) in [6.45, 7) is 1.72. The minimum atomic E-state index is -0.684. The molecule has 0 spiro atoms. The van der Waals surface area contributed by atoms with Crippen LogP contribution in [0.1, 0.15) is 18.4 Å². The minimum absolute atomic E-state index is 0.287. The van der Waals surface area contributed by atoms with Gasteiger partial charge in [-0.1, -0.05) is 18.2 Å². The molecule has 1 fully saturated rings. The van der Waals surface area contributed by atoms with Crippen molar-refractivity contribution in [3.05, 3.63) is 36.0 Å². The van der Waals surface area contributed by atoms with Gasteiger partial charge >= 0.3 is 5.97 Å². The van der Waals surface area contributed by atoms with Crippen LogP contribution < -0.4 is 0 Å². The minimum Gasteiger partial charge on any atom is -0.480 e. The lowest BCUT2D eigenvalue weighted by Crippen LogP contribution is -2.37. The van der Waals surface area contributed by atoms with Gasteiger partial charge in [0.1, 0.15) is 6.04 Å². The molecule has 100 valence electrons. The Kier molecular flexibility index (Phi) is 3.25. The summed E-state index contributed by atoms with van der Waals surface area (Å²) >= 11 is 0. The molecule has 0 aliphatic carbocycles. The van der Waals surface area contributed by atoms with E-state index in [9.17, 15) is 4.79 Å². The van der Waals surface area contributed by atoms with Crippen LogP contribution in [0, 0.1) is 0 Å². The van der Waals surface area contributed by atoms with Crippen molar-refractivity contribution in [2.45, 2.75) is 25.3 Å². The van der Waals surface area contributed by atoms with Crippen molar-refractivity contribution in [2.24, 2.45) is 0 Å². The molecule has 19 heavy (non-hydrogen) atoms. The summed E-state index contributed by atoms with van der Waals surface area (Å²) in [5.41, 5.74) is 2.42. The van der Waals surface area contributed by atoms with Gasteiger partial charge in [-0.3, -0.25) is 9.69 Å². The Morgan fingerprint density at radius 1 is 1.42 bits per heavy atom. The lowest BCUT2D eigenvalue weighted by Gasteiger charge is -2.20. The largest absolute Gasteiger partial charge is 0.480 e. The average molecular weight is 258 g/mol. The number of aromatic nitrogens is 1. The monoisotopic (exact) mass is 258 g/mol. The number of hydrogen-bond acceptors (Lipinski definition) is 2. The fourth-order valence-corrected chi connectivity index (χ4v) is 2.98. The third kappa shape index (κ3) is 2.36. The van der Waals surface area contributed by atoms with Crippen molar-refractivity contribution in [3.63, 3.8) is 0 Å². The fourth-order valence-electron chi connectivity index (χ4n) is 2.98. The molecule has 2 N–H and O–H groups in total. The van der Waals surface area contributed by atoms with E-state index >= 15 is 0 Å². The normalized spacial score (nSPS) is 20.1. The van der Waals surface area contributed by atoms with E-state index in [1.54, 1.807) is 0 Å². The molecule has 1 aromatic heterocycles. The van der Waals surface area contributed by atoms with E-state index in [-0.39, 0.29) is 6.04 Å². The van der Waals surface area contributed by atoms with Crippen molar-refractivity contribution < 1.29 is 9.90 Å². The van der Waals surface area contributed by atoms with Crippen molar-refractivity contribution in [3.8, 4) is 0 Å². The maximum absolute atomic E-state index is 11.1. The summed E-state index contributed by atoms with van der Waals surface area (Å²) in [6, 6.07) is 7.94. The number of para-hydroxylation sites is 1. The zero-order chi connectivity index (χ0) is 13.2. The molecular weight excluding hydrogens is 240 g/mol. The van der Waals surface area contributed by atoms with Crippen LogP contribution in [-0.4, -0.2) is 40.1 Å². The summed E-state index contributed by atoms with van der Waals surface area (Å²) in [5, 5.41) is 10.4. The van der Waals surface area contributed by atoms with Crippen LogP contribution >= 0.6 is 0 Å². The Hall–Kier alpha value is -1.81. The second-order valence-corrected chi connectivity index (χ2v) is 5.14. The molecule has 4 nitrogen and oxygen atoms in total. The third-order valence-corrected chi connectivity index (χ3v) is 3.99. The predicted molar refractivity (Wildman–Crippen MR) is 74.2 cm³/mol. The number of rotatable bonds is 4. The summed E-state index contributed by atoms with van der Waals surface area (Å²) < 4.78 is 0. The van der Waals surface area contributed by atoms with Crippen LogP contribution in [0.3, 0.4) is 0 Å². The number of aromatic amines is 1. The summed E-state index contributed by atoms with van der Waals surface area (Å²) in [5.74, 6) is -0.684. The highest BCUT2D eigenvalue weighted by molar-refractivity contribution is 5.83. The van der Waals surface area contributed by atoms with E-state index in [2.05, 4.69) is 22.0 Å². The Labute approximate surface area is 112 Å². The maximum Gasteiger partial charge on any atom is 0.320 e. The first kappa shape index (κ1) is 12.2. The molecule has 0 radical (unpaired) electrons. The molecule has 2 heterocycles. The number of carboxylic acids is 1. The highest BCUT2D eigenvalue weighted by Gasteiger charge is 2.29. The van der Waals surface area contributed by atoms with E-state index in [0.29, 0.717) is 0 Å². The number of likely N-dealkylation sites (tertiary alicyclic amines) is 1. The van der Waals surface area contributed by atoms with Crippen molar-refractivity contribution in [2.75, 3.05) is 13.1 Å². The molecule has 0 bridgehead atoms. The molecule has 1 aliphatic rings. The topological polar surface area (TPSA) is 56.3 Å². The lowest BCUT2D eigenvalue weighted by atomic mass is 10.1. The van der Waals surface area contributed by atoms with Gasteiger partial charge in [0, 0.05) is 23.6 Å². The number of H-pyrrole nitrogens is 1. The first-order valence-electron chi connectivity index (χ1n) is 6.77. The number of carboxylic acid groups (broad SMARTS) is 1. The SMILES string of the molecule is O=C(O)C1CCCN1CCc1c[nH]c2ccccc12. The van der Waals surface area contributed by atoms with Gasteiger partial charge in [0.05, 0.1) is 0 Å². The number of hydrogen-bond donors (Lipinski definition) is 2. The van der Waals surface area contributed by atoms with Crippen molar-refractivity contribution in [1.29, 1.82) is 0 Å². The standard InChI is InChI=1S/C15H18N2O2/c18-15(19)14-6-3-8-17(14)9-7-11-10-16-13-5-2-1-4-12(11)13/h1-2,4-5,10,14,16H,3,6-9H2,(H,18,19). The van der Waals surface area contributed by atoms with E-state index in [4.69, 9.17) is 5.11 Å². The summed E-state index contributed by atoms with van der Waals surface area (Å²) in [6.07, 6.45) is 4.71. The third-order valence-electron chi connectivity index (χ3n) is 3.99. The zero-order valence-corrected chi connectivity index (χ0v) is 10.8. The van der Waals surface area contributed by atoms with Gasteiger partial charge in [0.2, 0.25) is 0 Å². The number of nitrogens with one attached hydrogen (secondary N) is 1. The molecule has 1 aliphatic heterocycles. The Balaban J connectivity index is 1.71. The maximum atomic E-state index is 11.1. The van der Waals surface area contributed by atoms with Crippen LogP contribution in [0.15, 0.2) is 30.5 Å². The molecule has 1 unspecified atom stereocenters. The highest BCUT2D eigenvalue weighted by atomic mass is 16.4. The number of fused-ring (bicyclic) bond motifs is 1. The summed E-state index contributed by atoms with van der Waals surface area (Å²) in [4.78, 5) is 16.5. The average Bonchev–Trinajstić information content (AvgIpc) is 3.03. The van der Waals surface area contributed by atoms with Crippen molar-refractivity contribution >= 4 is 16.9 Å². The molecule has 1 atom stereocenters. The quantitative estimate of drug-likeness (QED) is 0.884. The van der Waals surface area contributed by atoms with Gasteiger partial charge in [0.15, 0.2) is 0 Å².